The van der Waals surface area contributed by atoms with Gasteiger partial charge in [0.05, 0.1) is 0 Å². The highest BCUT2D eigenvalue weighted by atomic mass is 79.9. The molecular weight excluding hydrogens is 330 g/mol. The number of carbonyl (C=O) groups is 1. The quantitative estimate of drug-likeness (QED) is 0.914. The van der Waals surface area contributed by atoms with E-state index in [1.54, 1.807) is 0 Å². The maximum Gasteiger partial charge on any atom is 0.265 e. The van der Waals surface area contributed by atoms with E-state index in [-0.39, 0.29) is 5.91 Å². The number of aryl methyl sites for hydroxylation is 1. The summed E-state index contributed by atoms with van der Waals surface area (Å²) < 4.78 is 6.73. The molecule has 0 aromatic heterocycles. The summed E-state index contributed by atoms with van der Waals surface area (Å²) in [7, 11) is 0. The molecule has 1 N–H and O–H groups in total. The normalized spacial score (nSPS) is 16.2. The molecule has 1 aliphatic rings. The Labute approximate surface area is 132 Å². The molecule has 1 unspecified atom stereocenters. The van der Waals surface area contributed by atoms with Gasteiger partial charge in [0.15, 0.2) is 6.10 Å². The molecule has 108 valence electrons. The van der Waals surface area contributed by atoms with E-state index in [0.29, 0.717) is 6.42 Å². The van der Waals surface area contributed by atoms with E-state index >= 15 is 0 Å². The van der Waals surface area contributed by atoms with Crippen molar-refractivity contribution >= 4 is 27.5 Å². The second-order valence-electron chi connectivity index (χ2n) is 5.06. The van der Waals surface area contributed by atoms with Crippen LogP contribution in [0, 0.1) is 0 Å². The van der Waals surface area contributed by atoms with Crippen molar-refractivity contribution in [3.05, 3.63) is 58.1 Å². The third kappa shape index (κ3) is 2.95. The van der Waals surface area contributed by atoms with Crippen LogP contribution in [-0.2, 0) is 17.6 Å². The van der Waals surface area contributed by atoms with Crippen LogP contribution in [-0.4, -0.2) is 12.0 Å². The number of nitrogens with one attached hydrogen (secondary N) is 1. The van der Waals surface area contributed by atoms with Crippen molar-refractivity contribution in [2.75, 3.05) is 5.32 Å². The number of ether oxygens (including phenoxy) is 1. The second-order valence-corrected chi connectivity index (χ2v) is 5.98. The molecule has 2 aromatic rings. The molecule has 0 bridgehead atoms. The lowest BCUT2D eigenvalue weighted by atomic mass is 10.1. The molecule has 1 heterocycles. The number of halogens is 1. The van der Waals surface area contributed by atoms with Crippen molar-refractivity contribution < 1.29 is 9.53 Å². The number of carbonyl (C=O) groups excluding carboxylic acids is 1. The van der Waals surface area contributed by atoms with E-state index < -0.39 is 6.10 Å². The van der Waals surface area contributed by atoms with E-state index in [4.69, 9.17) is 4.74 Å². The smallest absolute Gasteiger partial charge is 0.265 e. The summed E-state index contributed by atoms with van der Waals surface area (Å²) in [4.78, 5) is 12.4. The van der Waals surface area contributed by atoms with Crippen molar-refractivity contribution in [3.8, 4) is 5.75 Å². The van der Waals surface area contributed by atoms with Crippen molar-refractivity contribution in [2.24, 2.45) is 0 Å². The minimum absolute atomic E-state index is 0.0942. The molecule has 0 spiro atoms. The molecule has 4 heteroatoms. The number of fused-ring (bicyclic) bond motifs is 1. The van der Waals surface area contributed by atoms with E-state index in [0.717, 1.165) is 33.5 Å². The fraction of sp³-hybridized carbons (Fsp3) is 0.235. The highest BCUT2D eigenvalue weighted by molar-refractivity contribution is 9.10. The summed E-state index contributed by atoms with van der Waals surface area (Å²) in [5.74, 6) is 0.715. The Kier molecular flexibility index (Phi) is 3.97. The molecule has 0 aliphatic carbocycles. The van der Waals surface area contributed by atoms with Crippen LogP contribution in [0.4, 0.5) is 5.69 Å². The lowest BCUT2D eigenvalue weighted by molar-refractivity contribution is -0.122. The molecule has 1 atom stereocenters. The Morgan fingerprint density at radius 1 is 1.33 bits per heavy atom. The van der Waals surface area contributed by atoms with Crippen molar-refractivity contribution in [3.63, 3.8) is 0 Å². The summed E-state index contributed by atoms with van der Waals surface area (Å²) in [5.41, 5.74) is 3.04. The largest absolute Gasteiger partial charge is 0.480 e. The summed E-state index contributed by atoms with van der Waals surface area (Å²) in [6, 6.07) is 13.7. The third-order valence-corrected chi connectivity index (χ3v) is 4.14. The van der Waals surface area contributed by atoms with Crippen LogP contribution < -0.4 is 10.1 Å². The minimum Gasteiger partial charge on any atom is -0.480 e. The van der Waals surface area contributed by atoms with Crippen LogP contribution in [0.15, 0.2) is 46.9 Å². The predicted octanol–water partition coefficient (Wildman–Crippen LogP) is 3.95. The van der Waals surface area contributed by atoms with E-state index in [9.17, 15) is 4.79 Å². The molecule has 2 aromatic carbocycles. The average Bonchev–Trinajstić information content (AvgIpc) is 2.93. The van der Waals surface area contributed by atoms with Gasteiger partial charge in [-0.3, -0.25) is 4.79 Å². The first-order valence-electron chi connectivity index (χ1n) is 7.01. The second kappa shape index (κ2) is 5.90. The molecule has 3 nitrogen and oxygen atoms in total. The first kappa shape index (κ1) is 14.1. The Hall–Kier alpha value is -1.81. The van der Waals surface area contributed by atoms with E-state index in [1.807, 2.05) is 42.5 Å². The van der Waals surface area contributed by atoms with Gasteiger partial charge in [-0.2, -0.15) is 0 Å². The fourth-order valence-electron chi connectivity index (χ4n) is 2.52. The van der Waals surface area contributed by atoms with Gasteiger partial charge in [0, 0.05) is 16.6 Å². The number of anilines is 1. The molecule has 3 rings (SSSR count). The lowest BCUT2D eigenvalue weighted by Crippen LogP contribution is -2.31. The highest BCUT2D eigenvalue weighted by Gasteiger charge is 2.29. The van der Waals surface area contributed by atoms with Gasteiger partial charge >= 0.3 is 0 Å². The zero-order valence-electron chi connectivity index (χ0n) is 11.7. The van der Waals surface area contributed by atoms with Crippen LogP contribution in [0.2, 0.25) is 0 Å². The highest BCUT2D eigenvalue weighted by Crippen LogP contribution is 2.29. The first-order valence-corrected chi connectivity index (χ1v) is 7.80. The zero-order valence-corrected chi connectivity index (χ0v) is 13.3. The summed E-state index contributed by atoms with van der Waals surface area (Å²) in [5, 5.41) is 2.98. The first-order chi connectivity index (χ1) is 10.2. The SMILES string of the molecule is CCc1cc(Br)ccc1NC(=O)C1Cc2ccccc2O1. The van der Waals surface area contributed by atoms with Crippen molar-refractivity contribution in [1.82, 2.24) is 0 Å². The Morgan fingerprint density at radius 2 is 2.14 bits per heavy atom. The average molecular weight is 346 g/mol. The van der Waals surface area contributed by atoms with E-state index in [1.165, 1.54) is 0 Å². The fourth-order valence-corrected chi connectivity index (χ4v) is 2.93. The van der Waals surface area contributed by atoms with Gasteiger partial charge in [-0.25, -0.2) is 0 Å². The number of para-hydroxylation sites is 1. The van der Waals surface area contributed by atoms with Gasteiger partial charge in [0.2, 0.25) is 0 Å². The summed E-state index contributed by atoms with van der Waals surface area (Å²) in [6.45, 7) is 2.07. The number of rotatable bonds is 3. The molecule has 0 saturated heterocycles. The van der Waals surface area contributed by atoms with Crippen molar-refractivity contribution in [2.45, 2.75) is 25.9 Å². The third-order valence-electron chi connectivity index (χ3n) is 3.65. The predicted molar refractivity (Wildman–Crippen MR) is 86.7 cm³/mol. The van der Waals surface area contributed by atoms with Gasteiger partial charge in [-0.1, -0.05) is 41.1 Å². The number of benzene rings is 2. The van der Waals surface area contributed by atoms with Gasteiger partial charge in [0.25, 0.3) is 5.91 Å². The van der Waals surface area contributed by atoms with Crippen LogP contribution in [0.25, 0.3) is 0 Å². The van der Waals surface area contributed by atoms with Crippen LogP contribution in [0.3, 0.4) is 0 Å². The standard InChI is InChI=1S/C17H16BrNO2/c1-2-11-9-13(18)7-8-14(11)19-17(20)16-10-12-5-3-4-6-15(12)21-16/h3-9,16H,2,10H2,1H3,(H,19,20). The van der Waals surface area contributed by atoms with Crippen LogP contribution >= 0.6 is 15.9 Å². The van der Waals surface area contributed by atoms with Gasteiger partial charge in [-0.15, -0.1) is 0 Å². The monoisotopic (exact) mass is 345 g/mol. The maximum absolute atomic E-state index is 12.4. The van der Waals surface area contributed by atoms with Crippen LogP contribution in [0.1, 0.15) is 18.1 Å². The summed E-state index contributed by atoms with van der Waals surface area (Å²) >= 11 is 3.45. The van der Waals surface area contributed by atoms with Crippen LogP contribution in [0.5, 0.6) is 5.75 Å². The lowest BCUT2D eigenvalue weighted by Gasteiger charge is -2.14. The Morgan fingerprint density at radius 3 is 2.90 bits per heavy atom. The molecule has 0 radical (unpaired) electrons. The molecule has 0 saturated carbocycles. The number of hydrogen-bond donors (Lipinski definition) is 1. The Balaban J connectivity index is 1.74. The molecule has 1 amide bonds. The molecule has 0 fully saturated rings. The van der Waals surface area contributed by atoms with E-state index in [2.05, 4.69) is 28.2 Å². The van der Waals surface area contributed by atoms with Gasteiger partial charge in [0.1, 0.15) is 5.75 Å². The molecular formula is C17H16BrNO2. The maximum atomic E-state index is 12.4. The number of amides is 1. The van der Waals surface area contributed by atoms with Gasteiger partial charge < -0.3 is 10.1 Å². The minimum atomic E-state index is -0.448. The zero-order chi connectivity index (χ0) is 14.8. The van der Waals surface area contributed by atoms with Crippen molar-refractivity contribution in [1.29, 1.82) is 0 Å². The topological polar surface area (TPSA) is 38.3 Å². The Bertz CT molecular complexity index is 659. The van der Waals surface area contributed by atoms with Gasteiger partial charge in [-0.05, 0) is 41.8 Å². The summed E-state index contributed by atoms with van der Waals surface area (Å²) in [6.07, 6.45) is 1.04. The number of hydrogen-bond acceptors (Lipinski definition) is 2. The molecule has 1 aliphatic heterocycles. The molecule has 21 heavy (non-hydrogen) atoms.